The molecule has 39 heavy (non-hydrogen) atoms. The van der Waals surface area contributed by atoms with E-state index in [2.05, 4.69) is 26.6 Å². The van der Waals surface area contributed by atoms with Crippen LogP contribution in [0.4, 0.5) is 0 Å². The zero-order valence-electron chi connectivity index (χ0n) is 22.4. The van der Waals surface area contributed by atoms with Crippen molar-refractivity contribution < 1.29 is 9.26 Å². The molecule has 2 saturated carbocycles. The molecule has 11 heteroatoms. The second-order valence-electron chi connectivity index (χ2n) is 11.2. The molecule has 2 aliphatic rings. The van der Waals surface area contributed by atoms with Gasteiger partial charge in [-0.2, -0.15) is 0 Å². The number of imidazole rings is 1. The van der Waals surface area contributed by atoms with Crippen LogP contribution < -0.4 is 5.76 Å². The van der Waals surface area contributed by atoms with Crippen LogP contribution in [0.5, 0.6) is 0 Å². The van der Waals surface area contributed by atoms with Gasteiger partial charge < -0.3 is 9.30 Å². The van der Waals surface area contributed by atoms with Crippen molar-refractivity contribution in [1.82, 2.24) is 34.6 Å². The van der Waals surface area contributed by atoms with Crippen LogP contribution in [0.25, 0.3) is 34.1 Å². The molecule has 10 nitrogen and oxygen atoms in total. The summed E-state index contributed by atoms with van der Waals surface area (Å²) in [4.78, 5) is 33.4. The Morgan fingerprint density at radius 2 is 1.90 bits per heavy atom. The zero-order valence-corrected chi connectivity index (χ0v) is 23.2. The van der Waals surface area contributed by atoms with Gasteiger partial charge in [-0.25, -0.2) is 19.7 Å². The van der Waals surface area contributed by atoms with Crippen LogP contribution in [0, 0.1) is 17.8 Å². The van der Waals surface area contributed by atoms with Crippen LogP contribution in [-0.2, 0) is 11.3 Å². The van der Waals surface area contributed by atoms with Gasteiger partial charge in [0.15, 0.2) is 5.65 Å². The van der Waals surface area contributed by atoms with Gasteiger partial charge in [0.1, 0.15) is 23.1 Å². The number of aromatic nitrogens is 7. The highest BCUT2D eigenvalue weighted by Crippen LogP contribution is 2.40. The average molecular weight is 552 g/mol. The molecule has 0 aromatic carbocycles. The van der Waals surface area contributed by atoms with E-state index in [1.165, 1.54) is 44.9 Å². The molecule has 0 radical (unpaired) electrons. The van der Waals surface area contributed by atoms with E-state index >= 15 is 0 Å². The molecule has 206 valence electrons. The molecule has 0 spiro atoms. The predicted molar refractivity (Wildman–Crippen MR) is 147 cm³/mol. The molecule has 1 unspecified atom stereocenters. The van der Waals surface area contributed by atoms with Crippen molar-refractivity contribution in [1.29, 1.82) is 0 Å². The first kappa shape index (κ1) is 26.1. The molecule has 1 N–H and O–H groups in total. The summed E-state index contributed by atoms with van der Waals surface area (Å²) in [5, 5.41) is 4.33. The fourth-order valence-electron chi connectivity index (χ4n) is 6.35. The van der Waals surface area contributed by atoms with Crippen LogP contribution in [0.2, 0.25) is 5.02 Å². The molecule has 1 atom stereocenters. The molecule has 0 bridgehead atoms. The van der Waals surface area contributed by atoms with Gasteiger partial charge in [-0.15, -0.1) is 0 Å². The van der Waals surface area contributed by atoms with E-state index in [-0.39, 0.29) is 17.8 Å². The first-order chi connectivity index (χ1) is 19.0. The third-order valence-corrected chi connectivity index (χ3v) is 8.63. The third-order valence-electron chi connectivity index (χ3n) is 8.43. The molecule has 0 amide bonds. The molecule has 4 aromatic rings. The van der Waals surface area contributed by atoms with Crippen LogP contribution in [0.15, 0.2) is 27.8 Å². The first-order valence-corrected chi connectivity index (χ1v) is 14.4. The number of rotatable bonds is 7. The van der Waals surface area contributed by atoms with E-state index in [1.54, 1.807) is 19.5 Å². The number of hydrogen-bond acceptors (Lipinski definition) is 8. The number of hydrogen-bond donors (Lipinski definition) is 1. The van der Waals surface area contributed by atoms with Gasteiger partial charge in [0, 0.05) is 31.6 Å². The summed E-state index contributed by atoms with van der Waals surface area (Å²) in [5.41, 5.74) is 2.71. The largest absolute Gasteiger partial charge is 0.439 e. The molecular weight excluding hydrogens is 518 g/mol. The number of methoxy groups -OCH3 is 1. The summed E-state index contributed by atoms with van der Waals surface area (Å²) in [6.45, 7) is 3.15. The Hall–Kier alpha value is -3.11. The SMILES string of the molecule is COC(c1nc2nc(-c3noc(=O)[nH]3)nc(-c3cncc(Cl)c3)c2n1CC1CCC(C)CC1)C1CCCCC1. The first-order valence-electron chi connectivity index (χ1n) is 14.0. The van der Waals surface area contributed by atoms with Crippen LogP contribution in [0.3, 0.4) is 0 Å². The van der Waals surface area contributed by atoms with Gasteiger partial charge in [0.05, 0.1) is 5.02 Å². The number of aromatic amines is 1. The minimum atomic E-state index is -0.672. The summed E-state index contributed by atoms with van der Waals surface area (Å²) in [6, 6.07) is 1.83. The molecule has 0 saturated heterocycles. The predicted octanol–water partition coefficient (Wildman–Crippen LogP) is 5.98. The summed E-state index contributed by atoms with van der Waals surface area (Å²) < 4.78 is 13.2. The fourth-order valence-corrected chi connectivity index (χ4v) is 6.52. The van der Waals surface area contributed by atoms with Crippen LogP contribution >= 0.6 is 11.6 Å². The Morgan fingerprint density at radius 1 is 1.10 bits per heavy atom. The molecular formula is C28H34ClN7O3. The number of halogens is 1. The maximum absolute atomic E-state index is 11.7. The Balaban J connectivity index is 1.57. The number of pyridine rings is 1. The molecule has 4 aromatic heterocycles. The number of nitrogens with one attached hydrogen (secondary N) is 1. The van der Waals surface area contributed by atoms with Gasteiger partial charge in [-0.1, -0.05) is 55.8 Å². The monoisotopic (exact) mass is 551 g/mol. The van der Waals surface area contributed by atoms with Crippen molar-refractivity contribution in [2.75, 3.05) is 7.11 Å². The lowest BCUT2D eigenvalue weighted by molar-refractivity contribution is 0.0259. The van der Waals surface area contributed by atoms with E-state index < -0.39 is 5.76 Å². The van der Waals surface area contributed by atoms with Gasteiger partial charge in [0.25, 0.3) is 0 Å². The van der Waals surface area contributed by atoms with Crippen LogP contribution in [-0.4, -0.2) is 41.8 Å². The fraction of sp³-hybridized carbons (Fsp3) is 0.571. The second-order valence-corrected chi connectivity index (χ2v) is 11.6. The Labute approximate surface area is 231 Å². The Kier molecular flexibility index (Phi) is 7.49. The molecule has 4 heterocycles. The van der Waals surface area contributed by atoms with E-state index in [1.807, 2.05) is 6.07 Å². The minimum Gasteiger partial charge on any atom is -0.373 e. The van der Waals surface area contributed by atoms with Gasteiger partial charge in [0.2, 0.25) is 11.6 Å². The topological polar surface area (TPSA) is 125 Å². The van der Waals surface area contributed by atoms with Crippen molar-refractivity contribution in [2.24, 2.45) is 17.8 Å². The Bertz CT molecular complexity index is 1500. The van der Waals surface area contributed by atoms with Gasteiger partial charge >= 0.3 is 5.76 Å². The molecule has 0 aliphatic heterocycles. The van der Waals surface area contributed by atoms with Crippen molar-refractivity contribution in [2.45, 2.75) is 77.4 Å². The quantitative estimate of drug-likeness (QED) is 0.297. The van der Waals surface area contributed by atoms with Crippen molar-refractivity contribution in [3.63, 3.8) is 0 Å². The molecule has 2 aliphatic carbocycles. The Morgan fingerprint density at radius 3 is 2.59 bits per heavy atom. The lowest BCUT2D eigenvalue weighted by atomic mass is 9.82. The van der Waals surface area contributed by atoms with E-state index in [0.29, 0.717) is 28.2 Å². The number of ether oxygens (including phenoxy) is 1. The van der Waals surface area contributed by atoms with Crippen molar-refractivity contribution in [3.8, 4) is 22.9 Å². The maximum Gasteiger partial charge on any atom is 0.439 e. The highest BCUT2D eigenvalue weighted by atomic mass is 35.5. The third kappa shape index (κ3) is 5.36. The molecule has 2 fully saturated rings. The highest BCUT2D eigenvalue weighted by Gasteiger charge is 2.33. The van der Waals surface area contributed by atoms with Crippen LogP contribution in [0.1, 0.15) is 76.6 Å². The number of nitrogens with zero attached hydrogens (tertiary/aromatic N) is 6. The number of fused-ring (bicyclic) bond motifs is 1. The van der Waals surface area contributed by atoms with Gasteiger partial charge in [-0.3, -0.25) is 14.5 Å². The smallest absolute Gasteiger partial charge is 0.373 e. The van der Waals surface area contributed by atoms with Gasteiger partial charge in [-0.05, 0) is 49.5 Å². The standard InChI is InChI=1S/C28H34ClN7O3/c1-16-8-10-17(11-9-16)15-36-22-21(19-12-20(29)14-30-13-19)31-25(26-34-28(37)39-35-26)32-24(22)33-27(36)23(38-2)18-6-4-3-5-7-18/h12-14,16-18,23H,3-11,15H2,1-2H3,(H,34,35,37). The normalized spacial score (nSPS) is 21.4. The van der Waals surface area contributed by atoms with E-state index in [9.17, 15) is 4.79 Å². The molecule has 6 rings (SSSR count). The van der Waals surface area contributed by atoms with E-state index in [0.717, 1.165) is 42.2 Å². The summed E-state index contributed by atoms with van der Waals surface area (Å²) in [5.74, 6) is 2.25. The highest BCUT2D eigenvalue weighted by molar-refractivity contribution is 6.30. The minimum absolute atomic E-state index is 0.145. The maximum atomic E-state index is 11.7. The lowest BCUT2D eigenvalue weighted by Crippen LogP contribution is -2.24. The second kappa shape index (κ2) is 11.2. The van der Waals surface area contributed by atoms with E-state index in [4.69, 9.17) is 35.8 Å². The average Bonchev–Trinajstić information content (AvgIpc) is 3.54. The van der Waals surface area contributed by atoms with Crippen molar-refractivity contribution >= 4 is 22.8 Å². The lowest BCUT2D eigenvalue weighted by Gasteiger charge is -2.31. The van der Waals surface area contributed by atoms with Crippen molar-refractivity contribution in [3.05, 3.63) is 39.9 Å². The summed E-state index contributed by atoms with van der Waals surface area (Å²) in [7, 11) is 1.78. The number of H-pyrrole nitrogens is 1. The zero-order chi connectivity index (χ0) is 26.9. The summed E-state index contributed by atoms with van der Waals surface area (Å²) >= 11 is 6.37. The summed E-state index contributed by atoms with van der Waals surface area (Å²) in [6.07, 6.45) is 13.9.